The van der Waals surface area contributed by atoms with E-state index < -0.39 is 0 Å². The van der Waals surface area contributed by atoms with E-state index in [0.717, 1.165) is 16.5 Å². The zero-order valence-electron chi connectivity index (χ0n) is 10.9. The molecule has 0 aliphatic carbocycles. The first-order valence-corrected chi connectivity index (χ1v) is 6.16. The highest BCUT2D eigenvalue weighted by Crippen LogP contribution is 2.19. The van der Waals surface area contributed by atoms with Crippen molar-refractivity contribution in [1.29, 1.82) is 0 Å². The lowest BCUT2D eigenvalue weighted by Gasteiger charge is -2.09. The largest absolute Gasteiger partial charge is 0.361 e. The Balaban J connectivity index is 2.74. The molecule has 0 aliphatic rings. The number of pyridine rings is 1. The molecule has 0 saturated heterocycles. The highest BCUT2D eigenvalue weighted by molar-refractivity contribution is 5.79. The number of aromatic amines is 1. The normalized spacial score (nSPS) is 11.6. The van der Waals surface area contributed by atoms with Crippen molar-refractivity contribution in [2.24, 2.45) is 0 Å². The van der Waals surface area contributed by atoms with Gasteiger partial charge in [0, 0.05) is 22.7 Å². The number of nitrogens with one attached hydrogen (secondary N) is 1. The van der Waals surface area contributed by atoms with Crippen molar-refractivity contribution in [2.45, 2.75) is 39.5 Å². The van der Waals surface area contributed by atoms with E-state index in [4.69, 9.17) is 0 Å². The molecule has 0 bridgehead atoms. The first-order valence-electron chi connectivity index (χ1n) is 6.16. The molecule has 1 heterocycles. The summed E-state index contributed by atoms with van der Waals surface area (Å²) in [7, 11) is 0. The van der Waals surface area contributed by atoms with Crippen LogP contribution in [0, 0.1) is 0 Å². The number of aromatic nitrogens is 1. The van der Waals surface area contributed by atoms with Gasteiger partial charge in [0.25, 0.3) is 0 Å². The van der Waals surface area contributed by atoms with Gasteiger partial charge in [-0.25, -0.2) is 0 Å². The van der Waals surface area contributed by atoms with Gasteiger partial charge in [-0.05, 0) is 29.5 Å². The van der Waals surface area contributed by atoms with Crippen LogP contribution in [0.25, 0.3) is 10.9 Å². The van der Waals surface area contributed by atoms with E-state index >= 15 is 0 Å². The van der Waals surface area contributed by atoms with E-state index in [9.17, 15) is 4.79 Å². The molecule has 2 heteroatoms. The molecule has 0 aliphatic heterocycles. The lowest BCUT2D eigenvalue weighted by atomic mass is 9.98. The summed E-state index contributed by atoms with van der Waals surface area (Å²) in [6.45, 7) is 8.37. The van der Waals surface area contributed by atoms with E-state index in [1.807, 2.05) is 32.2 Å². The molecule has 1 aromatic heterocycles. The first-order chi connectivity index (χ1) is 8.00. The Kier molecular flexibility index (Phi) is 3.05. The maximum absolute atomic E-state index is 12.3. The van der Waals surface area contributed by atoms with Gasteiger partial charge in [0.15, 0.2) is 5.43 Å². The Morgan fingerprint density at radius 1 is 1.06 bits per heavy atom. The Bertz CT molecular complexity index is 588. The molecule has 0 atom stereocenters. The minimum absolute atomic E-state index is 0.163. The molecule has 0 radical (unpaired) electrons. The van der Waals surface area contributed by atoms with E-state index in [-0.39, 0.29) is 11.3 Å². The Labute approximate surface area is 102 Å². The second kappa shape index (κ2) is 4.36. The van der Waals surface area contributed by atoms with Crippen molar-refractivity contribution in [3.8, 4) is 0 Å². The van der Waals surface area contributed by atoms with Gasteiger partial charge in [-0.3, -0.25) is 4.79 Å². The van der Waals surface area contributed by atoms with E-state index in [2.05, 4.69) is 24.9 Å². The van der Waals surface area contributed by atoms with Gasteiger partial charge in [0.2, 0.25) is 0 Å². The second-order valence-electron chi connectivity index (χ2n) is 5.19. The smallest absolute Gasteiger partial charge is 0.192 e. The molecule has 2 aromatic rings. The maximum atomic E-state index is 12.3. The van der Waals surface area contributed by atoms with Crippen LogP contribution >= 0.6 is 0 Å². The van der Waals surface area contributed by atoms with Crippen LogP contribution < -0.4 is 5.43 Å². The summed E-state index contributed by atoms with van der Waals surface area (Å²) in [5.41, 5.74) is 3.15. The van der Waals surface area contributed by atoms with Crippen LogP contribution in [0.1, 0.15) is 50.7 Å². The van der Waals surface area contributed by atoms with Crippen LogP contribution in [0.3, 0.4) is 0 Å². The highest BCUT2D eigenvalue weighted by atomic mass is 16.1. The highest BCUT2D eigenvalue weighted by Gasteiger charge is 2.09. The summed E-state index contributed by atoms with van der Waals surface area (Å²) >= 11 is 0. The summed E-state index contributed by atoms with van der Waals surface area (Å²) < 4.78 is 0. The fourth-order valence-electron chi connectivity index (χ4n) is 2.04. The molecule has 90 valence electrons. The Hall–Kier alpha value is -1.57. The van der Waals surface area contributed by atoms with Crippen molar-refractivity contribution in [2.75, 3.05) is 0 Å². The summed E-state index contributed by atoms with van der Waals surface area (Å²) in [5.74, 6) is 0.701. The average molecular weight is 229 g/mol. The number of fused-ring (bicyclic) bond motifs is 1. The van der Waals surface area contributed by atoms with Crippen LogP contribution in [0.2, 0.25) is 0 Å². The summed E-state index contributed by atoms with van der Waals surface area (Å²) in [6, 6.07) is 6.10. The van der Waals surface area contributed by atoms with Gasteiger partial charge in [0.1, 0.15) is 0 Å². The van der Waals surface area contributed by atoms with Crippen LogP contribution in [0.5, 0.6) is 0 Å². The van der Waals surface area contributed by atoms with E-state index in [1.165, 1.54) is 5.56 Å². The standard InChI is InChI=1S/C15H19NO/c1-9(2)11-5-6-14-12(7-11)15(17)13(8-16-14)10(3)4/h5-10H,1-4H3,(H,16,17). The quantitative estimate of drug-likeness (QED) is 0.835. The molecule has 0 amide bonds. The molecule has 1 N–H and O–H groups in total. The van der Waals surface area contributed by atoms with Crippen molar-refractivity contribution in [1.82, 2.24) is 4.98 Å². The minimum Gasteiger partial charge on any atom is -0.361 e. The lowest BCUT2D eigenvalue weighted by Crippen LogP contribution is -2.11. The van der Waals surface area contributed by atoms with Gasteiger partial charge in [-0.2, -0.15) is 0 Å². The van der Waals surface area contributed by atoms with Crippen molar-refractivity contribution < 1.29 is 0 Å². The molecular formula is C15H19NO. The van der Waals surface area contributed by atoms with Crippen LogP contribution in [-0.2, 0) is 0 Å². The molecule has 0 saturated carbocycles. The number of H-pyrrole nitrogens is 1. The zero-order chi connectivity index (χ0) is 12.6. The summed E-state index contributed by atoms with van der Waals surface area (Å²) in [6.07, 6.45) is 1.84. The fourth-order valence-corrected chi connectivity index (χ4v) is 2.04. The lowest BCUT2D eigenvalue weighted by molar-refractivity contribution is 0.851. The monoisotopic (exact) mass is 229 g/mol. The predicted molar refractivity (Wildman–Crippen MR) is 72.7 cm³/mol. The third kappa shape index (κ3) is 2.12. The molecule has 17 heavy (non-hydrogen) atoms. The average Bonchev–Trinajstić information content (AvgIpc) is 2.28. The molecule has 0 spiro atoms. The predicted octanol–water partition coefficient (Wildman–Crippen LogP) is 3.77. The minimum atomic E-state index is 0.163. The third-order valence-corrected chi connectivity index (χ3v) is 3.22. The second-order valence-corrected chi connectivity index (χ2v) is 5.19. The van der Waals surface area contributed by atoms with Crippen molar-refractivity contribution in [3.05, 3.63) is 45.7 Å². The van der Waals surface area contributed by atoms with Crippen molar-refractivity contribution >= 4 is 10.9 Å². The van der Waals surface area contributed by atoms with E-state index in [0.29, 0.717) is 5.92 Å². The van der Waals surface area contributed by atoms with E-state index in [1.54, 1.807) is 0 Å². The molecule has 1 aromatic carbocycles. The summed E-state index contributed by atoms with van der Waals surface area (Å²) in [4.78, 5) is 15.5. The van der Waals surface area contributed by atoms with Crippen molar-refractivity contribution in [3.63, 3.8) is 0 Å². The van der Waals surface area contributed by atoms with Gasteiger partial charge in [-0.15, -0.1) is 0 Å². The Morgan fingerprint density at radius 3 is 2.35 bits per heavy atom. The van der Waals surface area contributed by atoms with Gasteiger partial charge >= 0.3 is 0 Å². The Morgan fingerprint density at radius 2 is 1.76 bits per heavy atom. The first kappa shape index (κ1) is 11.9. The van der Waals surface area contributed by atoms with Crippen LogP contribution in [-0.4, -0.2) is 4.98 Å². The summed E-state index contributed by atoms with van der Waals surface area (Å²) in [5, 5.41) is 0.808. The molecule has 2 rings (SSSR count). The topological polar surface area (TPSA) is 32.9 Å². The number of hydrogen-bond acceptors (Lipinski definition) is 1. The molecule has 2 nitrogen and oxygen atoms in total. The molecular weight excluding hydrogens is 210 g/mol. The number of hydrogen-bond donors (Lipinski definition) is 1. The number of rotatable bonds is 2. The van der Waals surface area contributed by atoms with Gasteiger partial charge in [-0.1, -0.05) is 33.8 Å². The van der Waals surface area contributed by atoms with Crippen LogP contribution in [0.4, 0.5) is 0 Å². The SMILES string of the molecule is CC(C)c1ccc2[nH]cc(C(C)C)c(=O)c2c1. The zero-order valence-corrected chi connectivity index (χ0v) is 10.9. The van der Waals surface area contributed by atoms with Gasteiger partial charge in [0.05, 0.1) is 0 Å². The fraction of sp³-hybridized carbons (Fsp3) is 0.400. The van der Waals surface area contributed by atoms with Crippen LogP contribution in [0.15, 0.2) is 29.2 Å². The molecule has 0 fully saturated rings. The maximum Gasteiger partial charge on any atom is 0.192 e. The molecule has 0 unspecified atom stereocenters. The number of benzene rings is 1. The van der Waals surface area contributed by atoms with Gasteiger partial charge < -0.3 is 4.98 Å². The third-order valence-electron chi connectivity index (χ3n) is 3.22.